The van der Waals surface area contributed by atoms with Crippen LogP contribution < -0.4 is 0 Å². The number of carbonyl (C=O) groups is 2. The molecule has 0 rings (SSSR count). The fraction of sp³-hybridized carbons (Fsp3) is 0.875. The number of rotatable bonds is 12. The first kappa shape index (κ1) is 32.4. The molecule has 0 fully saturated rings. The Balaban J connectivity index is -0.000000134. The molecule has 0 saturated carbocycles. The minimum absolute atomic E-state index is 0.0894. The lowest BCUT2D eigenvalue weighted by atomic mass is 10.7. The van der Waals surface area contributed by atoms with Gasteiger partial charge in [-0.1, -0.05) is 0 Å². The molecule has 0 saturated heterocycles. The van der Waals surface area contributed by atoms with Crippen molar-refractivity contribution in [3.8, 4) is 0 Å². The molecule has 0 aliphatic rings. The van der Waals surface area contributed by atoms with Crippen LogP contribution in [0.15, 0.2) is 0 Å². The molecule has 10 heteroatoms. The van der Waals surface area contributed by atoms with E-state index in [0.717, 1.165) is 27.1 Å². The van der Waals surface area contributed by atoms with Gasteiger partial charge in [0.1, 0.15) is 0 Å². The molecule has 0 radical (unpaired) electrons. The lowest BCUT2D eigenvalue weighted by Crippen LogP contribution is -2.06. The van der Waals surface area contributed by atoms with Gasteiger partial charge in [-0.25, -0.2) is 0 Å². The van der Waals surface area contributed by atoms with Crippen LogP contribution >= 0.6 is 0 Å². The minimum atomic E-state index is -0.833. The summed E-state index contributed by atoms with van der Waals surface area (Å²) in [5, 5.41) is 31.3. The largest absolute Gasteiger partial charge is 0.481 e. The van der Waals surface area contributed by atoms with Crippen LogP contribution in [0.25, 0.3) is 0 Å². The molecule has 10 nitrogen and oxygen atoms in total. The first-order valence-electron chi connectivity index (χ1n) is 8.21. The van der Waals surface area contributed by atoms with Crippen LogP contribution in [-0.2, 0) is 28.5 Å². The Kier molecular flexibility index (Phi) is 43.5. The van der Waals surface area contributed by atoms with Gasteiger partial charge in [0.15, 0.2) is 0 Å². The van der Waals surface area contributed by atoms with Gasteiger partial charge in [0.05, 0.1) is 52.9 Å². The maximum absolute atomic E-state index is 9.00. The monoisotopic (exact) mass is 388 g/mol. The normalized spacial score (nSPS) is 8.85. The van der Waals surface area contributed by atoms with Gasteiger partial charge in [-0.15, -0.1) is 0 Å². The number of carboxylic acid groups (broad SMARTS) is 2. The summed E-state index contributed by atoms with van der Waals surface area (Å²) in [6.07, 6.45) is 0. The maximum Gasteiger partial charge on any atom is 0.300 e. The summed E-state index contributed by atoms with van der Waals surface area (Å²) in [5.74, 6) is -1.67. The van der Waals surface area contributed by atoms with E-state index in [2.05, 4.69) is 0 Å². The molecule has 0 aliphatic carbocycles. The van der Waals surface area contributed by atoms with Crippen molar-refractivity contribution in [1.29, 1.82) is 0 Å². The van der Waals surface area contributed by atoms with Crippen molar-refractivity contribution >= 4 is 11.9 Å². The molecule has 0 spiro atoms. The van der Waals surface area contributed by atoms with Crippen LogP contribution in [0.4, 0.5) is 0 Å². The lowest BCUT2D eigenvalue weighted by Gasteiger charge is -2.00. The third kappa shape index (κ3) is 93.4. The molecule has 0 unspecified atom stereocenters. The van der Waals surface area contributed by atoms with Gasteiger partial charge >= 0.3 is 0 Å². The second-order valence-electron chi connectivity index (χ2n) is 4.10. The Morgan fingerprint density at radius 3 is 1.04 bits per heavy atom. The second kappa shape index (κ2) is 34.9. The molecule has 160 valence electrons. The van der Waals surface area contributed by atoms with E-state index in [1.807, 2.05) is 13.8 Å². The first-order valence-corrected chi connectivity index (χ1v) is 8.21. The second-order valence-corrected chi connectivity index (χ2v) is 4.10. The van der Waals surface area contributed by atoms with Crippen molar-refractivity contribution in [2.75, 3.05) is 66.1 Å². The SMILES string of the molecule is CC(=O)O.CC(=O)O.CCOCCOCCO.CCOCCOCCO. The maximum atomic E-state index is 9.00. The molecule has 0 aliphatic heterocycles. The third-order valence-corrected chi connectivity index (χ3v) is 1.62. The van der Waals surface area contributed by atoms with E-state index in [0.29, 0.717) is 39.6 Å². The predicted octanol–water partition coefficient (Wildman–Crippen LogP) is 0.245. The molecule has 26 heavy (non-hydrogen) atoms. The molecule has 0 heterocycles. The minimum Gasteiger partial charge on any atom is -0.481 e. The van der Waals surface area contributed by atoms with E-state index in [1.165, 1.54) is 0 Å². The summed E-state index contributed by atoms with van der Waals surface area (Å²) in [7, 11) is 0. The van der Waals surface area contributed by atoms with Crippen molar-refractivity contribution in [3.05, 3.63) is 0 Å². The van der Waals surface area contributed by atoms with Gasteiger partial charge in [0, 0.05) is 27.1 Å². The zero-order chi connectivity index (χ0) is 21.1. The standard InChI is InChI=1S/2C6H14O3.2C2H4O2/c2*1-2-8-5-6-9-4-3-7;2*1-2(3)4/h2*7H,2-6H2,1H3;2*1H3,(H,3,4). The van der Waals surface area contributed by atoms with Crippen LogP contribution in [0, 0.1) is 0 Å². The van der Waals surface area contributed by atoms with Gasteiger partial charge < -0.3 is 39.4 Å². The van der Waals surface area contributed by atoms with Crippen molar-refractivity contribution in [1.82, 2.24) is 0 Å². The fourth-order valence-electron chi connectivity index (χ4n) is 0.858. The van der Waals surface area contributed by atoms with E-state index >= 15 is 0 Å². The number of hydrogen-bond donors (Lipinski definition) is 4. The van der Waals surface area contributed by atoms with Crippen molar-refractivity contribution in [2.24, 2.45) is 0 Å². The molecule has 0 atom stereocenters. The van der Waals surface area contributed by atoms with Gasteiger partial charge in [-0.3, -0.25) is 9.59 Å². The first-order chi connectivity index (χ1) is 12.3. The fourth-order valence-corrected chi connectivity index (χ4v) is 0.858. The predicted molar refractivity (Wildman–Crippen MR) is 95.4 cm³/mol. The Labute approximate surface area is 155 Å². The van der Waals surface area contributed by atoms with E-state index in [9.17, 15) is 0 Å². The molecule has 0 aromatic heterocycles. The van der Waals surface area contributed by atoms with Crippen LogP contribution in [0.1, 0.15) is 27.7 Å². The Hall–Kier alpha value is -1.30. The average molecular weight is 388 g/mol. The summed E-state index contributed by atoms with van der Waals surface area (Å²) >= 11 is 0. The Morgan fingerprint density at radius 1 is 0.615 bits per heavy atom. The van der Waals surface area contributed by atoms with Crippen LogP contribution in [0.2, 0.25) is 0 Å². The zero-order valence-electron chi connectivity index (χ0n) is 16.3. The van der Waals surface area contributed by atoms with Gasteiger partial charge in [0.2, 0.25) is 0 Å². The summed E-state index contributed by atoms with van der Waals surface area (Å²) in [6.45, 7) is 10.9. The Bertz CT molecular complexity index is 215. The summed E-state index contributed by atoms with van der Waals surface area (Å²) in [6, 6.07) is 0. The molecule has 0 amide bonds. The highest BCUT2D eigenvalue weighted by molar-refractivity contribution is 5.63. The summed E-state index contributed by atoms with van der Waals surface area (Å²) < 4.78 is 19.8. The Morgan fingerprint density at radius 2 is 0.846 bits per heavy atom. The molecule has 4 N–H and O–H groups in total. The van der Waals surface area contributed by atoms with Crippen LogP contribution in [-0.4, -0.2) is 98.4 Å². The highest BCUT2D eigenvalue weighted by Crippen LogP contribution is 1.76. The molecule has 0 aromatic rings. The van der Waals surface area contributed by atoms with Gasteiger partial charge in [-0.2, -0.15) is 0 Å². The molecule has 0 bridgehead atoms. The number of aliphatic hydroxyl groups excluding tert-OH is 2. The highest BCUT2D eigenvalue weighted by atomic mass is 16.5. The van der Waals surface area contributed by atoms with E-state index < -0.39 is 11.9 Å². The van der Waals surface area contributed by atoms with Crippen LogP contribution in [0.5, 0.6) is 0 Å². The highest BCUT2D eigenvalue weighted by Gasteiger charge is 1.85. The topological polar surface area (TPSA) is 152 Å². The van der Waals surface area contributed by atoms with Gasteiger partial charge in [0.25, 0.3) is 11.9 Å². The number of ether oxygens (including phenoxy) is 4. The number of hydrogen-bond acceptors (Lipinski definition) is 8. The summed E-state index contributed by atoms with van der Waals surface area (Å²) in [4.78, 5) is 18.0. The lowest BCUT2D eigenvalue weighted by molar-refractivity contribution is -0.135. The average Bonchev–Trinajstić information content (AvgIpc) is 2.54. The van der Waals surface area contributed by atoms with Crippen molar-refractivity contribution in [3.63, 3.8) is 0 Å². The number of carboxylic acids is 2. The third-order valence-electron chi connectivity index (χ3n) is 1.62. The number of aliphatic carboxylic acids is 2. The molecular formula is C16H36O10. The van der Waals surface area contributed by atoms with Crippen molar-refractivity contribution < 1.29 is 49.0 Å². The summed E-state index contributed by atoms with van der Waals surface area (Å²) in [5.41, 5.74) is 0. The van der Waals surface area contributed by atoms with Crippen LogP contribution in [0.3, 0.4) is 0 Å². The number of aliphatic hydroxyl groups is 2. The zero-order valence-corrected chi connectivity index (χ0v) is 16.3. The molecule has 0 aromatic carbocycles. The van der Waals surface area contributed by atoms with E-state index in [1.54, 1.807) is 0 Å². The van der Waals surface area contributed by atoms with Gasteiger partial charge in [-0.05, 0) is 13.8 Å². The quantitative estimate of drug-likeness (QED) is 0.342. The molecular weight excluding hydrogens is 352 g/mol. The van der Waals surface area contributed by atoms with E-state index in [4.69, 9.17) is 49.0 Å². The smallest absolute Gasteiger partial charge is 0.300 e. The van der Waals surface area contributed by atoms with E-state index in [-0.39, 0.29) is 13.2 Å². The van der Waals surface area contributed by atoms with Crippen molar-refractivity contribution in [2.45, 2.75) is 27.7 Å².